The first-order valence-corrected chi connectivity index (χ1v) is 10.6. The van der Waals surface area contributed by atoms with Crippen LogP contribution in [0.1, 0.15) is 24.2 Å². The van der Waals surface area contributed by atoms with E-state index in [0.29, 0.717) is 42.3 Å². The third-order valence-corrected chi connectivity index (χ3v) is 5.33. The van der Waals surface area contributed by atoms with Gasteiger partial charge in [-0.2, -0.15) is 0 Å². The van der Waals surface area contributed by atoms with Gasteiger partial charge in [-0.25, -0.2) is 4.39 Å². The van der Waals surface area contributed by atoms with Crippen LogP contribution in [0.25, 0.3) is 11.3 Å². The van der Waals surface area contributed by atoms with E-state index in [1.807, 2.05) is 24.3 Å². The maximum absolute atomic E-state index is 13.5. The number of carbonyl (C=O) groups is 1. The minimum atomic E-state index is -0.428. The van der Waals surface area contributed by atoms with Crippen LogP contribution < -0.4 is 10.9 Å². The first-order valence-electron chi connectivity index (χ1n) is 10.2. The maximum Gasteiger partial charge on any atom is 0.300 e. The summed E-state index contributed by atoms with van der Waals surface area (Å²) in [7, 11) is 0. The standard InChI is InChI=1S/C23H21ClFN5O2/c24-17-9-7-16(8-10-17)11-12-26-21(31)6-2-5-20-27-28-22-23(32)29(13-14-30(20)22)19-4-1-3-18(25)15-19/h1,3-4,7-10,13-15H,2,5-6,11-12H2,(H,26,31). The summed E-state index contributed by atoms with van der Waals surface area (Å²) in [6.07, 6.45) is 5.37. The molecule has 1 N–H and O–H groups in total. The lowest BCUT2D eigenvalue weighted by Crippen LogP contribution is -2.25. The molecule has 0 radical (unpaired) electrons. The van der Waals surface area contributed by atoms with Gasteiger partial charge in [-0.15, -0.1) is 10.2 Å². The topological polar surface area (TPSA) is 81.3 Å². The van der Waals surface area contributed by atoms with E-state index in [9.17, 15) is 14.0 Å². The Labute approximate surface area is 188 Å². The summed E-state index contributed by atoms with van der Waals surface area (Å²) in [4.78, 5) is 24.8. The predicted octanol–water partition coefficient (Wildman–Crippen LogP) is 3.35. The highest BCUT2D eigenvalue weighted by molar-refractivity contribution is 6.30. The molecule has 1 amide bonds. The van der Waals surface area contributed by atoms with Crippen LogP contribution in [-0.4, -0.2) is 31.6 Å². The summed E-state index contributed by atoms with van der Waals surface area (Å²) in [6, 6.07) is 13.3. The molecule has 0 aliphatic carbocycles. The van der Waals surface area contributed by atoms with E-state index < -0.39 is 11.4 Å². The van der Waals surface area contributed by atoms with Gasteiger partial charge in [0.15, 0.2) is 0 Å². The predicted molar refractivity (Wildman–Crippen MR) is 120 cm³/mol. The summed E-state index contributed by atoms with van der Waals surface area (Å²) in [6.45, 7) is 0.550. The number of nitrogens with zero attached hydrogens (tertiary/aromatic N) is 4. The van der Waals surface area contributed by atoms with Crippen molar-refractivity contribution >= 4 is 23.2 Å². The van der Waals surface area contributed by atoms with E-state index in [-0.39, 0.29) is 11.6 Å². The van der Waals surface area contributed by atoms with Crippen molar-refractivity contribution in [3.05, 3.63) is 93.5 Å². The first-order chi connectivity index (χ1) is 15.5. The molecule has 2 heterocycles. The van der Waals surface area contributed by atoms with Crippen LogP contribution in [-0.2, 0) is 17.6 Å². The molecule has 0 saturated carbocycles. The Balaban J connectivity index is 1.32. The van der Waals surface area contributed by atoms with Crippen molar-refractivity contribution in [2.24, 2.45) is 0 Å². The Morgan fingerprint density at radius 1 is 1.06 bits per heavy atom. The molecule has 0 bridgehead atoms. The Hall–Kier alpha value is -3.52. The second-order valence-electron chi connectivity index (χ2n) is 7.34. The van der Waals surface area contributed by atoms with E-state index >= 15 is 0 Å². The van der Waals surface area contributed by atoms with E-state index in [2.05, 4.69) is 15.5 Å². The summed E-state index contributed by atoms with van der Waals surface area (Å²) in [5, 5.41) is 11.7. The minimum Gasteiger partial charge on any atom is -0.356 e. The second-order valence-corrected chi connectivity index (χ2v) is 7.78. The summed E-state index contributed by atoms with van der Waals surface area (Å²) in [5.41, 5.74) is 1.28. The summed E-state index contributed by atoms with van der Waals surface area (Å²) < 4.78 is 16.4. The first kappa shape index (κ1) is 21.7. The number of benzene rings is 2. The number of carbonyl (C=O) groups excluding carboxylic acids is 1. The lowest BCUT2D eigenvalue weighted by atomic mass is 10.1. The molecule has 0 spiro atoms. The van der Waals surface area contributed by atoms with Crippen LogP contribution in [0.2, 0.25) is 5.02 Å². The smallest absolute Gasteiger partial charge is 0.300 e. The number of aryl methyl sites for hydroxylation is 1. The van der Waals surface area contributed by atoms with Crippen LogP contribution in [0.3, 0.4) is 0 Å². The van der Waals surface area contributed by atoms with Gasteiger partial charge in [0.05, 0.1) is 5.69 Å². The molecule has 32 heavy (non-hydrogen) atoms. The van der Waals surface area contributed by atoms with Crippen molar-refractivity contribution in [1.29, 1.82) is 0 Å². The molecule has 0 atom stereocenters. The molecule has 4 rings (SSSR count). The Morgan fingerprint density at radius 3 is 2.66 bits per heavy atom. The van der Waals surface area contributed by atoms with Crippen LogP contribution in [0.15, 0.2) is 65.7 Å². The molecule has 0 aliphatic heterocycles. The van der Waals surface area contributed by atoms with Crippen molar-refractivity contribution in [2.75, 3.05) is 6.54 Å². The Bertz CT molecular complexity index is 1300. The largest absolute Gasteiger partial charge is 0.356 e. The van der Waals surface area contributed by atoms with E-state index in [0.717, 1.165) is 12.0 Å². The van der Waals surface area contributed by atoms with Gasteiger partial charge in [-0.3, -0.25) is 18.6 Å². The van der Waals surface area contributed by atoms with Gasteiger partial charge < -0.3 is 5.32 Å². The molecule has 9 heteroatoms. The fraction of sp³-hybridized carbons (Fsp3) is 0.217. The molecule has 0 saturated heterocycles. The third-order valence-electron chi connectivity index (χ3n) is 5.08. The third kappa shape index (κ3) is 5.03. The molecule has 0 unspecified atom stereocenters. The summed E-state index contributed by atoms with van der Waals surface area (Å²) >= 11 is 5.87. The van der Waals surface area contributed by atoms with Crippen molar-refractivity contribution in [3.8, 4) is 5.69 Å². The molecule has 164 valence electrons. The number of aromatic nitrogens is 4. The zero-order valence-electron chi connectivity index (χ0n) is 17.2. The van der Waals surface area contributed by atoms with Gasteiger partial charge in [-0.1, -0.05) is 29.8 Å². The molecule has 7 nitrogen and oxygen atoms in total. The Kier molecular flexibility index (Phi) is 6.61. The average molecular weight is 454 g/mol. The number of rotatable bonds is 8. The minimum absolute atomic E-state index is 0.0405. The van der Waals surface area contributed by atoms with Crippen LogP contribution in [0.5, 0.6) is 0 Å². The molecule has 0 fully saturated rings. The van der Waals surface area contributed by atoms with Gasteiger partial charge in [0.2, 0.25) is 11.6 Å². The van der Waals surface area contributed by atoms with Gasteiger partial charge in [0.25, 0.3) is 0 Å². The van der Waals surface area contributed by atoms with Crippen LogP contribution >= 0.6 is 11.6 Å². The Morgan fingerprint density at radius 2 is 1.88 bits per heavy atom. The molecule has 2 aromatic carbocycles. The molecule has 2 aromatic heterocycles. The van der Waals surface area contributed by atoms with Gasteiger partial charge >= 0.3 is 5.56 Å². The zero-order chi connectivity index (χ0) is 22.5. The van der Waals surface area contributed by atoms with Gasteiger partial charge in [0.1, 0.15) is 11.6 Å². The number of halogens is 2. The van der Waals surface area contributed by atoms with E-state index in [4.69, 9.17) is 11.6 Å². The molecule has 0 aliphatic rings. The number of hydrogen-bond acceptors (Lipinski definition) is 4. The van der Waals surface area contributed by atoms with Crippen molar-refractivity contribution in [1.82, 2.24) is 24.5 Å². The fourth-order valence-corrected chi connectivity index (χ4v) is 3.55. The van der Waals surface area contributed by atoms with Crippen molar-refractivity contribution in [2.45, 2.75) is 25.7 Å². The summed E-state index contributed by atoms with van der Waals surface area (Å²) in [5.74, 6) is 0.126. The zero-order valence-corrected chi connectivity index (χ0v) is 17.9. The number of nitrogens with one attached hydrogen (secondary N) is 1. The normalized spacial score (nSPS) is 11.1. The van der Waals surface area contributed by atoms with E-state index in [1.165, 1.54) is 22.8 Å². The molecular weight excluding hydrogens is 433 g/mol. The monoisotopic (exact) mass is 453 g/mol. The number of hydrogen-bond donors (Lipinski definition) is 1. The highest BCUT2D eigenvalue weighted by Crippen LogP contribution is 2.11. The van der Waals surface area contributed by atoms with Crippen LogP contribution in [0.4, 0.5) is 4.39 Å². The average Bonchev–Trinajstić information content (AvgIpc) is 3.19. The fourth-order valence-electron chi connectivity index (χ4n) is 3.43. The molecular formula is C23H21ClFN5O2. The van der Waals surface area contributed by atoms with Crippen LogP contribution in [0, 0.1) is 5.82 Å². The SMILES string of the molecule is O=C(CCCc1nnc2c(=O)n(-c3cccc(F)c3)ccn12)NCCc1ccc(Cl)cc1. The highest BCUT2D eigenvalue weighted by Gasteiger charge is 2.12. The number of amides is 1. The number of fused-ring (bicyclic) bond motifs is 1. The second kappa shape index (κ2) is 9.74. The highest BCUT2D eigenvalue weighted by atomic mass is 35.5. The van der Waals surface area contributed by atoms with Crippen molar-refractivity contribution < 1.29 is 9.18 Å². The van der Waals surface area contributed by atoms with Crippen molar-refractivity contribution in [3.63, 3.8) is 0 Å². The quantitative estimate of drug-likeness (QED) is 0.443. The van der Waals surface area contributed by atoms with Gasteiger partial charge in [-0.05, 0) is 48.7 Å². The van der Waals surface area contributed by atoms with E-state index in [1.54, 1.807) is 22.9 Å². The maximum atomic E-state index is 13.5. The lowest BCUT2D eigenvalue weighted by molar-refractivity contribution is -0.121. The lowest BCUT2D eigenvalue weighted by Gasteiger charge is -2.07. The van der Waals surface area contributed by atoms with Gasteiger partial charge in [0, 0.05) is 36.8 Å². The molecule has 4 aromatic rings.